The van der Waals surface area contributed by atoms with Crippen LogP contribution in [0.5, 0.6) is 0 Å². The lowest BCUT2D eigenvalue weighted by Gasteiger charge is -1.91. The van der Waals surface area contributed by atoms with E-state index in [1.54, 1.807) is 0 Å². The Kier molecular flexibility index (Phi) is 8.18. The second-order valence-corrected chi connectivity index (χ2v) is 2.37. The van der Waals surface area contributed by atoms with Crippen molar-refractivity contribution in [2.24, 2.45) is 0 Å². The quantitative estimate of drug-likeness (QED) is 0.412. The van der Waals surface area contributed by atoms with Crippen molar-refractivity contribution in [3.63, 3.8) is 0 Å². The molecule has 0 aromatic rings. The van der Waals surface area contributed by atoms with E-state index >= 15 is 0 Å². The van der Waals surface area contributed by atoms with Crippen molar-refractivity contribution in [2.45, 2.75) is 45.4 Å². The Morgan fingerprint density at radius 3 is 2.50 bits per heavy atom. The van der Waals surface area contributed by atoms with Crippen molar-refractivity contribution < 1.29 is 0 Å². The molecule has 0 atom stereocenters. The van der Waals surface area contributed by atoms with Gasteiger partial charge in [0.1, 0.15) is 0 Å². The fourth-order valence-electron chi connectivity index (χ4n) is 0.780. The summed E-state index contributed by atoms with van der Waals surface area (Å²) in [6, 6.07) is 0. The maximum Gasteiger partial charge on any atom is 0.00886 e. The topological polar surface area (TPSA) is 0 Å². The van der Waals surface area contributed by atoms with E-state index in [1.807, 2.05) is 0 Å². The zero-order valence-corrected chi connectivity index (χ0v) is 6.95. The first kappa shape index (κ1) is 9.56. The molecular formula is C10H17. The summed E-state index contributed by atoms with van der Waals surface area (Å²) in [6.45, 7) is 5.87. The molecule has 10 heavy (non-hydrogen) atoms. The van der Waals surface area contributed by atoms with Crippen LogP contribution in [0.2, 0.25) is 0 Å². The van der Waals surface area contributed by atoms with Gasteiger partial charge in [0.25, 0.3) is 0 Å². The predicted octanol–water partition coefficient (Wildman–Crippen LogP) is 3.18. The zero-order chi connectivity index (χ0) is 7.66. The summed E-state index contributed by atoms with van der Waals surface area (Å²) in [5, 5.41) is 0. The van der Waals surface area contributed by atoms with E-state index in [4.69, 9.17) is 0 Å². The van der Waals surface area contributed by atoms with E-state index in [1.165, 1.54) is 19.3 Å². The molecule has 0 aliphatic rings. The lowest BCUT2D eigenvalue weighted by atomic mass is 10.1. The van der Waals surface area contributed by atoms with Crippen LogP contribution in [0.3, 0.4) is 0 Å². The summed E-state index contributed by atoms with van der Waals surface area (Å²) >= 11 is 0. The third-order valence-electron chi connectivity index (χ3n) is 1.35. The fraction of sp³-hybridized carbons (Fsp3) is 0.700. The number of hydrogen-bond acceptors (Lipinski definition) is 0. The SMILES string of the molecule is [CH2]CCCCCC#CCC. The Morgan fingerprint density at radius 2 is 1.90 bits per heavy atom. The molecule has 0 rings (SSSR count). The lowest BCUT2D eigenvalue weighted by Crippen LogP contribution is -1.73. The molecule has 0 amide bonds. The smallest absolute Gasteiger partial charge is 0.00886 e. The van der Waals surface area contributed by atoms with Gasteiger partial charge in [0.2, 0.25) is 0 Å². The molecule has 0 N–H and O–H groups in total. The highest BCUT2D eigenvalue weighted by molar-refractivity contribution is 4.97. The average molecular weight is 137 g/mol. The molecule has 0 aromatic heterocycles. The minimum Gasteiger partial charge on any atom is -0.104 e. The monoisotopic (exact) mass is 137 g/mol. The summed E-state index contributed by atoms with van der Waals surface area (Å²) in [7, 11) is 0. The maximum absolute atomic E-state index is 3.78. The minimum atomic E-state index is 0.995. The van der Waals surface area contributed by atoms with Gasteiger partial charge in [-0.25, -0.2) is 0 Å². The van der Waals surface area contributed by atoms with Gasteiger partial charge in [-0.2, -0.15) is 0 Å². The Morgan fingerprint density at radius 1 is 1.10 bits per heavy atom. The maximum atomic E-state index is 3.78. The molecule has 0 heteroatoms. The highest BCUT2D eigenvalue weighted by Crippen LogP contribution is 2.00. The largest absolute Gasteiger partial charge is 0.104 e. The second-order valence-electron chi connectivity index (χ2n) is 2.37. The molecule has 0 heterocycles. The van der Waals surface area contributed by atoms with E-state index in [9.17, 15) is 0 Å². The van der Waals surface area contributed by atoms with Crippen LogP contribution in [0, 0.1) is 18.8 Å². The van der Waals surface area contributed by atoms with Gasteiger partial charge in [0, 0.05) is 12.8 Å². The Labute approximate surface area is 65.0 Å². The van der Waals surface area contributed by atoms with Gasteiger partial charge in [-0.05, 0) is 6.42 Å². The molecular weight excluding hydrogens is 120 g/mol. The predicted molar refractivity (Wildman–Crippen MR) is 46.5 cm³/mol. The van der Waals surface area contributed by atoms with Crippen LogP contribution in [0.15, 0.2) is 0 Å². The molecule has 0 aliphatic carbocycles. The molecule has 0 fully saturated rings. The van der Waals surface area contributed by atoms with Crippen molar-refractivity contribution in [1.29, 1.82) is 0 Å². The Bertz CT molecular complexity index is 103. The van der Waals surface area contributed by atoms with Gasteiger partial charge in [-0.3, -0.25) is 0 Å². The third kappa shape index (κ3) is 7.56. The first-order valence-electron chi connectivity index (χ1n) is 4.16. The van der Waals surface area contributed by atoms with Crippen molar-refractivity contribution in [3.05, 3.63) is 6.92 Å². The Balaban J connectivity index is 2.90. The van der Waals surface area contributed by atoms with Crippen molar-refractivity contribution >= 4 is 0 Å². The molecule has 0 saturated carbocycles. The van der Waals surface area contributed by atoms with Crippen molar-refractivity contribution in [1.82, 2.24) is 0 Å². The molecule has 0 bridgehead atoms. The van der Waals surface area contributed by atoms with E-state index < -0.39 is 0 Å². The summed E-state index contributed by atoms with van der Waals surface area (Å²) in [5.41, 5.74) is 0. The van der Waals surface area contributed by atoms with Gasteiger partial charge in [-0.15, -0.1) is 11.8 Å². The van der Waals surface area contributed by atoms with Crippen LogP contribution in [0.4, 0.5) is 0 Å². The van der Waals surface area contributed by atoms with E-state index in [2.05, 4.69) is 25.7 Å². The first-order valence-corrected chi connectivity index (χ1v) is 4.16. The van der Waals surface area contributed by atoms with Crippen LogP contribution in [0.1, 0.15) is 45.4 Å². The zero-order valence-electron chi connectivity index (χ0n) is 6.95. The van der Waals surface area contributed by atoms with Gasteiger partial charge in [0.05, 0.1) is 0 Å². The van der Waals surface area contributed by atoms with E-state index in [0.717, 1.165) is 19.3 Å². The van der Waals surface area contributed by atoms with Gasteiger partial charge < -0.3 is 0 Å². The number of rotatable bonds is 4. The molecule has 0 aliphatic heterocycles. The number of unbranched alkanes of at least 4 members (excludes halogenated alkanes) is 4. The lowest BCUT2D eigenvalue weighted by molar-refractivity contribution is 0.701. The summed E-state index contributed by atoms with van der Waals surface area (Å²) < 4.78 is 0. The molecule has 0 aromatic carbocycles. The van der Waals surface area contributed by atoms with Gasteiger partial charge >= 0.3 is 0 Å². The normalized spacial score (nSPS) is 8.60. The van der Waals surface area contributed by atoms with Crippen LogP contribution < -0.4 is 0 Å². The fourth-order valence-corrected chi connectivity index (χ4v) is 0.780. The summed E-state index contributed by atoms with van der Waals surface area (Å²) in [5.74, 6) is 6.18. The number of hydrogen-bond donors (Lipinski definition) is 0. The van der Waals surface area contributed by atoms with Crippen LogP contribution in [-0.2, 0) is 0 Å². The van der Waals surface area contributed by atoms with E-state index in [0.29, 0.717) is 0 Å². The molecule has 0 unspecified atom stereocenters. The molecule has 1 radical (unpaired) electrons. The Hall–Kier alpha value is -0.440. The van der Waals surface area contributed by atoms with E-state index in [-0.39, 0.29) is 0 Å². The molecule has 57 valence electrons. The molecule has 0 nitrogen and oxygen atoms in total. The highest BCUT2D eigenvalue weighted by Gasteiger charge is 1.82. The van der Waals surface area contributed by atoms with Crippen LogP contribution in [-0.4, -0.2) is 0 Å². The van der Waals surface area contributed by atoms with Crippen molar-refractivity contribution in [2.75, 3.05) is 0 Å². The van der Waals surface area contributed by atoms with Crippen LogP contribution >= 0.6 is 0 Å². The van der Waals surface area contributed by atoms with Gasteiger partial charge in [0.15, 0.2) is 0 Å². The third-order valence-corrected chi connectivity index (χ3v) is 1.35. The minimum absolute atomic E-state index is 0.995. The van der Waals surface area contributed by atoms with Crippen molar-refractivity contribution in [3.8, 4) is 11.8 Å². The van der Waals surface area contributed by atoms with Gasteiger partial charge in [-0.1, -0.05) is 33.1 Å². The molecule has 0 spiro atoms. The van der Waals surface area contributed by atoms with Crippen LogP contribution in [0.25, 0.3) is 0 Å². The highest BCUT2D eigenvalue weighted by atomic mass is 13.9. The summed E-state index contributed by atoms with van der Waals surface area (Å²) in [6.07, 6.45) is 6.95. The standard InChI is InChI=1S/C10H17/c1-3-5-7-9-10-8-6-4-2/h1,3-5,7,9-10H2,2H3. The molecule has 0 saturated heterocycles. The first-order chi connectivity index (χ1) is 4.91. The second kappa shape index (κ2) is 8.56. The summed E-state index contributed by atoms with van der Waals surface area (Å²) in [4.78, 5) is 0. The average Bonchev–Trinajstić information content (AvgIpc) is 1.97.